The molecule has 0 aromatic heterocycles. The van der Waals surface area contributed by atoms with E-state index in [0.717, 1.165) is 25.0 Å². The second kappa shape index (κ2) is 17.2. The molecular weight excluding hydrogens is 769 g/mol. The Hall–Kier alpha value is -2.73. The molecule has 0 spiro atoms. The quantitative estimate of drug-likeness (QED) is 0.123. The number of fused-ring (bicyclic) bond motifs is 3. The average molecular weight is 809 g/mol. The first-order valence-electron chi connectivity index (χ1n) is 15.6. The Kier molecular flexibility index (Phi) is 14.9. The van der Waals surface area contributed by atoms with Crippen LogP contribution in [0.5, 0.6) is 0 Å². The molecule has 0 atom stereocenters. The first-order valence-corrected chi connectivity index (χ1v) is 16.8. The fourth-order valence-corrected chi connectivity index (χ4v) is 6.44. The van der Waals surface area contributed by atoms with Crippen molar-refractivity contribution in [3.05, 3.63) is 154 Å². The van der Waals surface area contributed by atoms with Gasteiger partial charge in [-0.05, 0) is 17.4 Å². The van der Waals surface area contributed by atoms with Crippen molar-refractivity contribution in [2.24, 2.45) is 0 Å². The van der Waals surface area contributed by atoms with Crippen LogP contribution in [0, 0.1) is 12.1 Å². The van der Waals surface area contributed by atoms with Crippen LogP contribution in [-0.2, 0) is 53.8 Å². The molecule has 0 amide bonds. The monoisotopic (exact) mass is 806 g/mol. The van der Waals surface area contributed by atoms with Crippen LogP contribution >= 0.6 is 24.8 Å². The topological polar surface area (TPSA) is 0 Å². The second-order valence-electron chi connectivity index (χ2n) is 13.8. The van der Waals surface area contributed by atoms with Crippen LogP contribution in [0.1, 0.15) is 92.5 Å². The zero-order valence-corrected chi connectivity index (χ0v) is 32.8. The number of hydrogen-bond acceptors (Lipinski definition) is 0. The van der Waals surface area contributed by atoms with Gasteiger partial charge in [-0.25, -0.2) is 12.2 Å². The summed E-state index contributed by atoms with van der Waals surface area (Å²) in [6, 6.07) is 24.4. The van der Waals surface area contributed by atoms with Gasteiger partial charge in [0.05, 0.1) is 0 Å². The van der Waals surface area contributed by atoms with Crippen LogP contribution in [-0.4, -0.2) is 3.21 Å². The zero-order valence-electron chi connectivity index (χ0n) is 28.7. The van der Waals surface area contributed by atoms with Gasteiger partial charge in [-0.15, -0.1) is 36.8 Å². The Balaban J connectivity index is 0.000000293. The molecule has 0 nitrogen and oxygen atoms in total. The fraction of sp³-hybridized carbons (Fsp3) is 0.293. The first-order chi connectivity index (χ1) is 22.3. The Morgan fingerprint density at radius 2 is 1.16 bits per heavy atom. The maximum absolute atomic E-state index is 13.0. The number of allylic oxidation sites excluding steroid dienone is 4. The maximum Gasteiger partial charge on any atom is -0.109 e. The summed E-state index contributed by atoms with van der Waals surface area (Å²) in [6.07, 6.45) is 1.79. The maximum atomic E-state index is 13.0. The van der Waals surface area contributed by atoms with Crippen LogP contribution in [0.4, 0.5) is 26.3 Å². The Morgan fingerprint density at radius 3 is 1.58 bits per heavy atom. The number of halogens is 8. The van der Waals surface area contributed by atoms with E-state index in [1.54, 1.807) is 0 Å². The SMILES string of the molecule is CC(C)(C)c1c[c-]c2c(c1)-c1cc(C(C)(C)C)ccc1C2.Cl.Cl.FC(F)(F)c1ccccc1[C](=[Zr+2])c1ccccc1C(F)(F)F.[C-]1=CC=CC1. The van der Waals surface area contributed by atoms with Gasteiger partial charge in [0.25, 0.3) is 0 Å². The fourth-order valence-electron chi connectivity index (χ4n) is 5.37. The van der Waals surface area contributed by atoms with Crippen molar-refractivity contribution in [2.45, 2.75) is 77.6 Å². The van der Waals surface area contributed by atoms with Crippen molar-refractivity contribution < 1.29 is 50.6 Å². The van der Waals surface area contributed by atoms with E-state index in [-0.39, 0.29) is 50.0 Å². The summed E-state index contributed by atoms with van der Waals surface area (Å²) in [5, 5.41) is 0. The van der Waals surface area contributed by atoms with Gasteiger partial charge in [-0.3, -0.25) is 6.08 Å². The summed E-state index contributed by atoms with van der Waals surface area (Å²) in [7, 11) is 0. The largest absolute Gasteiger partial charge is 0.273 e. The third-order valence-electron chi connectivity index (χ3n) is 8.12. The summed E-state index contributed by atoms with van der Waals surface area (Å²) >= 11 is 0.473. The molecule has 4 aromatic rings. The van der Waals surface area contributed by atoms with Crippen LogP contribution in [0.2, 0.25) is 0 Å². The molecule has 0 fully saturated rings. The molecule has 2 aliphatic carbocycles. The van der Waals surface area contributed by atoms with E-state index >= 15 is 0 Å². The zero-order chi connectivity index (χ0) is 35.5. The smallest absolute Gasteiger partial charge is 0.109 e. The number of rotatable bonds is 2. The second-order valence-corrected chi connectivity index (χ2v) is 15.0. The standard InChI is InChI=1S/C21H25.C15H8F6.C5H5.2ClH.Zr/c1-20(2,3)16-9-7-14-11-15-8-10-17(21(4,5)6)13-19(15)18(14)12-16;16-14(17,18)12-7-3-1-5-10(12)9-11-6-2-4-8-13(11)15(19,20)21;1-2-4-5-3-1;;;/h7,9-10,12-13H,11H2,1-6H3;1-8H;1-3H,4H2;2*1H;/q-1;;-1;;;+2. The van der Waals surface area contributed by atoms with E-state index in [4.69, 9.17) is 0 Å². The molecule has 0 heterocycles. The van der Waals surface area contributed by atoms with Crippen molar-refractivity contribution in [3.8, 4) is 11.1 Å². The van der Waals surface area contributed by atoms with Crippen molar-refractivity contribution in [2.75, 3.05) is 0 Å². The van der Waals surface area contributed by atoms with Gasteiger partial charge in [-0.1, -0.05) is 76.3 Å². The molecule has 9 heteroatoms. The average Bonchev–Trinajstić information content (AvgIpc) is 3.71. The minimum absolute atomic E-state index is 0. The van der Waals surface area contributed by atoms with E-state index < -0.39 is 23.5 Å². The molecule has 0 saturated heterocycles. The number of benzene rings is 4. The molecule has 4 aromatic carbocycles. The molecule has 0 radical (unpaired) electrons. The molecular formula is C41H40Cl2F6Zr. The first kappa shape index (κ1) is 43.4. The van der Waals surface area contributed by atoms with Crippen molar-refractivity contribution >= 4 is 28.0 Å². The molecule has 0 aliphatic heterocycles. The van der Waals surface area contributed by atoms with Gasteiger partial charge < -0.3 is 0 Å². The van der Waals surface area contributed by atoms with Crippen LogP contribution in [0.3, 0.4) is 0 Å². The molecule has 50 heavy (non-hydrogen) atoms. The molecule has 0 bridgehead atoms. The summed E-state index contributed by atoms with van der Waals surface area (Å²) in [5.74, 6) is 0. The summed E-state index contributed by atoms with van der Waals surface area (Å²) in [6.45, 7) is 13.6. The summed E-state index contributed by atoms with van der Waals surface area (Å²) in [5.41, 5.74) is 6.46. The Morgan fingerprint density at radius 1 is 0.660 bits per heavy atom. The molecule has 0 saturated carbocycles. The molecule has 6 rings (SSSR count). The molecule has 2 aliphatic rings. The number of hydrogen-bond donors (Lipinski definition) is 0. The van der Waals surface area contributed by atoms with Crippen LogP contribution in [0.15, 0.2) is 97.1 Å². The third-order valence-corrected chi connectivity index (χ3v) is 9.44. The minimum atomic E-state index is -4.62. The van der Waals surface area contributed by atoms with Gasteiger partial charge >= 0.3 is 137 Å². The summed E-state index contributed by atoms with van der Waals surface area (Å²) in [4.78, 5) is 0. The van der Waals surface area contributed by atoms with Gasteiger partial charge in [0.15, 0.2) is 0 Å². The van der Waals surface area contributed by atoms with Crippen molar-refractivity contribution in [3.63, 3.8) is 0 Å². The minimum Gasteiger partial charge on any atom is -0.273 e. The van der Waals surface area contributed by atoms with Crippen molar-refractivity contribution in [1.29, 1.82) is 0 Å². The van der Waals surface area contributed by atoms with Gasteiger partial charge in [-0.2, -0.15) is 35.4 Å². The number of alkyl halides is 6. The van der Waals surface area contributed by atoms with Crippen LogP contribution < -0.4 is 0 Å². The van der Waals surface area contributed by atoms with Crippen LogP contribution in [0.25, 0.3) is 11.1 Å². The van der Waals surface area contributed by atoms with E-state index in [1.807, 2.05) is 12.2 Å². The van der Waals surface area contributed by atoms with Crippen molar-refractivity contribution in [1.82, 2.24) is 0 Å². The van der Waals surface area contributed by atoms with Gasteiger partial charge in [0.1, 0.15) is 0 Å². The van der Waals surface area contributed by atoms with Gasteiger partial charge in [0.2, 0.25) is 0 Å². The Bertz CT molecular complexity index is 1710. The summed E-state index contributed by atoms with van der Waals surface area (Å²) < 4.78 is 78.2. The third kappa shape index (κ3) is 10.9. The van der Waals surface area contributed by atoms with E-state index in [9.17, 15) is 26.3 Å². The van der Waals surface area contributed by atoms with E-state index in [0.29, 0.717) is 24.2 Å². The van der Waals surface area contributed by atoms with E-state index in [1.165, 1.54) is 69.8 Å². The molecule has 0 unspecified atom stereocenters. The van der Waals surface area contributed by atoms with E-state index in [2.05, 4.69) is 90.1 Å². The predicted molar refractivity (Wildman–Crippen MR) is 193 cm³/mol. The Labute approximate surface area is 319 Å². The molecule has 264 valence electrons. The van der Waals surface area contributed by atoms with Gasteiger partial charge in [0, 0.05) is 0 Å². The normalized spacial score (nSPS) is 13.1. The predicted octanol–water partition coefficient (Wildman–Crippen LogP) is 12.6. The molecule has 0 N–H and O–H groups in total.